The number of nitrogens with one attached hydrogen (secondary N) is 1. The summed E-state index contributed by atoms with van der Waals surface area (Å²) in [6.45, 7) is 0.488. The van der Waals surface area contributed by atoms with Crippen LogP contribution in [-0.4, -0.2) is 46.1 Å². The van der Waals surface area contributed by atoms with Gasteiger partial charge in [-0.15, -0.1) is 0 Å². The van der Waals surface area contributed by atoms with Gasteiger partial charge >= 0.3 is 0 Å². The fraction of sp³-hybridized carbons (Fsp3) is 0.250. The van der Waals surface area contributed by atoms with Gasteiger partial charge < -0.3 is 34.5 Å². The third-order valence-corrected chi connectivity index (χ3v) is 4.96. The van der Waals surface area contributed by atoms with Crippen LogP contribution in [0.3, 0.4) is 0 Å². The molecule has 5 N–H and O–H groups in total. The Hall–Kier alpha value is -3.23. The highest BCUT2D eigenvalue weighted by Gasteiger charge is 2.29. The van der Waals surface area contributed by atoms with Crippen LogP contribution < -0.4 is 0 Å². The van der Waals surface area contributed by atoms with Gasteiger partial charge in [0.15, 0.2) is 5.75 Å². The van der Waals surface area contributed by atoms with E-state index in [0.29, 0.717) is 30.6 Å². The quantitative estimate of drug-likeness (QED) is 0.336. The fourth-order valence-electron chi connectivity index (χ4n) is 3.64. The number of hydrogen-bond acceptors (Lipinski definition) is 5. The average Bonchev–Trinajstić information content (AvgIpc) is 3.42. The van der Waals surface area contributed by atoms with Crippen LogP contribution in [0.5, 0.6) is 11.6 Å². The number of aromatic amines is 1. The number of imidazole rings is 1. The number of nitrogens with zero attached hydrogens (tertiary/aromatic N) is 3. The minimum atomic E-state index is -1.25. The molecule has 1 unspecified atom stereocenters. The third-order valence-electron chi connectivity index (χ3n) is 4.96. The van der Waals surface area contributed by atoms with Gasteiger partial charge in [0.25, 0.3) is 0 Å². The summed E-state index contributed by atoms with van der Waals surface area (Å²) in [7, 11) is 0. The molecule has 0 spiro atoms. The molecule has 0 fully saturated rings. The summed E-state index contributed by atoms with van der Waals surface area (Å²) in [5.41, 5.74) is 2.12. The van der Waals surface area contributed by atoms with E-state index in [1.165, 1.54) is 4.57 Å². The normalized spacial score (nSPS) is 12.6. The molecule has 0 aliphatic heterocycles. The number of H-pyrrole nitrogens is 1. The molecule has 0 saturated heterocycles. The first kappa shape index (κ1) is 18.1. The predicted octanol–water partition coefficient (Wildman–Crippen LogP) is 2.36. The molecule has 3 heterocycles. The Morgan fingerprint density at radius 2 is 1.96 bits per heavy atom. The molecule has 1 aromatic carbocycles. The van der Waals surface area contributed by atoms with Gasteiger partial charge in [-0.1, -0.05) is 18.2 Å². The molecule has 0 radical (unpaired) electrons. The number of aromatic nitrogens is 4. The molecular weight excluding hydrogens is 360 g/mol. The molecule has 8 nitrogen and oxygen atoms in total. The summed E-state index contributed by atoms with van der Waals surface area (Å²) in [4.78, 5) is 7.13. The SMILES string of the molecule is OCC(O)c1c(-c2c[nH]c3ccccc23)c(O)c(O)n1CCCn1ccnc1. The molecule has 28 heavy (non-hydrogen) atoms. The lowest BCUT2D eigenvalue weighted by Crippen LogP contribution is -2.13. The summed E-state index contributed by atoms with van der Waals surface area (Å²) >= 11 is 0. The number of benzene rings is 1. The van der Waals surface area contributed by atoms with Gasteiger partial charge in [-0.25, -0.2) is 4.98 Å². The Labute approximate surface area is 160 Å². The minimum Gasteiger partial charge on any atom is -0.503 e. The van der Waals surface area contributed by atoms with Crippen molar-refractivity contribution in [2.45, 2.75) is 25.6 Å². The van der Waals surface area contributed by atoms with Gasteiger partial charge in [0, 0.05) is 48.1 Å². The Kier molecular flexibility index (Phi) is 4.81. The summed E-state index contributed by atoms with van der Waals surface area (Å²) in [5, 5.41) is 42.1. The summed E-state index contributed by atoms with van der Waals surface area (Å²) in [6.07, 6.45) is 6.35. The van der Waals surface area contributed by atoms with Crippen molar-refractivity contribution in [2.75, 3.05) is 6.61 Å². The van der Waals surface area contributed by atoms with Gasteiger partial charge in [0.05, 0.1) is 24.2 Å². The molecule has 3 aromatic heterocycles. The standard InChI is InChI=1S/C20H22N4O4/c25-11-16(26)18-17(14-10-22-15-5-2-1-4-13(14)15)19(27)20(28)24(18)8-3-7-23-9-6-21-12-23/h1-2,4-6,9-10,12,16,22,25-28H,3,7-8,11H2. The largest absolute Gasteiger partial charge is 0.503 e. The van der Waals surface area contributed by atoms with Crippen LogP contribution in [0.25, 0.3) is 22.0 Å². The molecular formula is C20H22N4O4. The van der Waals surface area contributed by atoms with Crippen molar-refractivity contribution < 1.29 is 20.4 Å². The van der Waals surface area contributed by atoms with Gasteiger partial charge in [0.1, 0.15) is 6.10 Å². The minimum absolute atomic E-state index is 0.285. The molecule has 4 aromatic rings. The van der Waals surface area contributed by atoms with Crippen LogP contribution >= 0.6 is 0 Å². The van der Waals surface area contributed by atoms with Crippen LogP contribution in [0.2, 0.25) is 0 Å². The zero-order valence-electron chi connectivity index (χ0n) is 15.2. The van der Waals surface area contributed by atoms with E-state index in [1.807, 2.05) is 35.0 Å². The average molecular weight is 382 g/mol. The lowest BCUT2D eigenvalue weighted by Gasteiger charge is -2.15. The number of para-hydroxylation sites is 1. The maximum Gasteiger partial charge on any atom is 0.235 e. The molecule has 0 bridgehead atoms. The Morgan fingerprint density at radius 3 is 2.71 bits per heavy atom. The second kappa shape index (κ2) is 7.41. The fourth-order valence-corrected chi connectivity index (χ4v) is 3.64. The van der Waals surface area contributed by atoms with Gasteiger partial charge in [-0.2, -0.15) is 0 Å². The number of aliphatic hydroxyl groups is 2. The first-order chi connectivity index (χ1) is 13.6. The lowest BCUT2D eigenvalue weighted by atomic mass is 10.0. The van der Waals surface area contributed by atoms with Crippen molar-refractivity contribution in [1.29, 1.82) is 0 Å². The summed E-state index contributed by atoms with van der Waals surface area (Å²) in [5.74, 6) is -0.636. The molecule has 0 saturated carbocycles. The Morgan fingerprint density at radius 1 is 1.14 bits per heavy atom. The lowest BCUT2D eigenvalue weighted by molar-refractivity contribution is 0.0888. The second-order valence-corrected chi connectivity index (χ2v) is 6.68. The predicted molar refractivity (Wildman–Crippen MR) is 104 cm³/mol. The summed E-state index contributed by atoms with van der Waals surface area (Å²) in [6, 6.07) is 7.56. The van der Waals surface area contributed by atoms with Crippen molar-refractivity contribution in [3.8, 4) is 22.8 Å². The molecule has 146 valence electrons. The van der Waals surface area contributed by atoms with Crippen molar-refractivity contribution >= 4 is 10.9 Å². The first-order valence-electron chi connectivity index (χ1n) is 9.07. The molecule has 4 rings (SSSR count). The number of hydrogen-bond donors (Lipinski definition) is 5. The topological polar surface area (TPSA) is 119 Å². The van der Waals surface area contributed by atoms with E-state index in [9.17, 15) is 20.4 Å². The van der Waals surface area contributed by atoms with E-state index in [1.54, 1.807) is 18.7 Å². The highest BCUT2D eigenvalue weighted by atomic mass is 16.3. The van der Waals surface area contributed by atoms with Gasteiger partial charge in [0.2, 0.25) is 5.88 Å². The zero-order valence-corrected chi connectivity index (χ0v) is 15.2. The second-order valence-electron chi connectivity index (χ2n) is 6.68. The van der Waals surface area contributed by atoms with E-state index >= 15 is 0 Å². The smallest absolute Gasteiger partial charge is 0.235 e. The van der Waals surface area contributed by atoms with Crippen molar-refractivity contribution in [3.05, 3.63) is 54.9 Å². The van der Waals surface area contributed by atoms with Crippen molar-refractivity contribution in [2.24, 2.45) is 0 Å². The van der Waals surface area contributed by atoms with Crippen LogP contribution in [0, 0.1) is 0 Å². The molecule has 0 amide bonds. The van der Waals surface area contributed by atoms with E-state index < -0.39 is 12.7 Å². The van der Waals surface area contributed by atoms with Crippen molar-refractivity contribution in [1.82, 2.24) is 19.1 Å². The maximum atomic E-state index is 10.7. The molecule has 1 atom stereocenters. The van der Waals surface area contributed by atoms with E-state index in [4.69, 9.17) is 0 Å². The van der Waals surface area contributed by atoms with E-state index in [0.717, 1.165) is 10.9 Å². The maximum absolute atomic E-state index is 10.7. The number of aliphatic hydroxyl groups excluding tert-OH is 2. The van der Waals surface area contributed by atoms with Crippen LogP contribution in [-0.2, 0) is 13.1 Å². The van der Waals surface area contributed by atoms with Crippen LogP contribution in [0.1, 0.15) is 18.2 Å². The highest BCUT2D eigenvalue weighted by molar-refractivity contribution is 5.98. The van der Waals surface area contributed by atoms with Gasteiger partial charge in [-0.05, 0) is 12.5 Å². The van der Waals surface area contributed by atoms with Crippen LogP contribution in [0.4, 0.5) is 0 Å². The highest BCUT2D eigenvalue weighted by Crippen LogP contribution is 2.46. The number of aromatic hydroxyl groups is 2. The third kappa shape index (κ3) is 3.02. The van der Waals surface area contributed by atoms with E-state index in [2.05, 4.69) is 9.97 Å². The van der Waals surface area contributed by atoms with Crippen LogP contribution in [0.15, 0.2) is 49.2 Å². The molecule has 8 heteroatoms. The number of fused-ring (bicyclic) bond motifs is 1. The monoisotopic (exact) mass is 382 g/mol. The van der Waals surface area contributed by atoms with Crippen molar-refractivity contribution in [3.63, 3.8) is 0 Å². The Bertz CT molecular complexity index is 1080. The first-order valence-corrected chi connectivity index (χ1v) is 9.07. The van der Waals surface area contributed by atoms with E-state index in [-0.39, 0.29) is 17.3 Å². The number of rotatable bonds is 7. The molecule has 0 aliphatic carbocycles. The molecule has 0 aliphatic rings. The Balaban J connectivity index is 1.77. The number of aryl methyl sites for hydroxylation is 1. The zero-order chi connectivity index (χ0) is 19.7. The summed E-state index contributed by atoms with van der Waals surface area (Å²) < 4.78 is 3.37. The van der Waals surface area contributed by atoms with Gasteiger partial charge in [-0.3, -0.25) is 0 Å².